The van der Waals surface area contributed by atoms with Crippen LogP contribution in [0.15, 0.2) is 18.2 Å². The summed E-state index contributed by atoms with van der Waals surface area (Å²) in [5, 5.41) is 11.4. The van der Waals surface area contributed by atoms with Gasteiger partial charge in [0.05, 0.1) is 5.69 Å². The van der Waals surface area contributed by atoms with Crippen LogP contribution in [0.25, 0.3) is 0 Å². The molecule has 0 radical (unpaired) electrons. The molecule has 0 heterocycles. The molecule has 0 aromatic heterocycles. The van der Waals surface area contributed by atoms with Crippen LogP contribution in [0, 0.1) is 5.82 Å². The molecule has 4 N–H and O–H groups in total. The van der Waals surface area contributed by atoms with E-state index in [0.29, 0.717) is 6.42 Å². The van der Waals surface area contributed by atoms with Crippen molar-refractivity contribution >= 4 is 17.6 Å². The maximum absolute atomic E-state index is 13.6. The summed E-state index contributed by atoms with van der Waals surface area (Å²) in [5.41, 5.74) is 5.34. The maximum Gasteiger partial charge on any atom is 0.303 e. The predicted octanol–water partition coefficient (Wildman–Crippen LogP) is 1.59. The van der Waals surface area contributed by atoms with Crippen LogP contribution < -0.4 is 11.1 Å². The van der Waals surface area contributed by atoms with Gasteiger partial charge in [-0.1, -0.05) is 0 Å². The van der Waals surface area contributed by atoms with Gasteiger partial charge in [-0.2, -0.15) is 0 Å². The average Bonchev–Trinajstić information content (AvgIpc) is 2.29. The number of carboxylic acids is 1. The fourth-order valence-corrected chi connectivity index (χ4v) is 1.46. The molecule has 0 aliphatic carbocycles. The molecule has 0 saturated heterocycles. The molecule has 1 amide bonds. The number of halogens is 1. The largest absolute Gasteiger partial charge is 0.481 e. The molecule has 5 nitrogen and oxygen atoms in total. The van der Waals surface area contributed by atoms with E-state index in [1.165, 1.54) is 12.1 Å². The molecule has 1 unspecified atom stereocenters. The predicted molar refractivity (Wildman–Crippen MR) is 64.9 cm³/mol. The van der Waals surface area contributed by atoms with Crippen LogP contribution in [0.5, 0.6) is 0 Å². The van der Waals surface area contributed by atoms with Gasteiger partial charge in [0.25, 0.3) is 0 Å². The lowest BCUT2D eigenvalue weighted by Crippen LogP contribution is -2.18. The summed E-state index contributed by atoms with van der Waals surface area (Å²) in [6.45, 7) is 1.75. The topological polar surface area (TPSA) is 92.4 Å². The second-order valence-electron chi connectivity index (χ2n) is 4.04. The van der Waals surface area contributed by atoms with E-state index in [-0.39, 0.29) is 23.7 Å². The van der Waals surface area contributed by atoms with Gasteiger partial charge in [-0.3, -0.25) is 9.59 Å². The first-order chi connectivity index (χ1) is 8.40. The summed E-state index contributed by atoms with van der Waals surface area (Å²) in [6, 6.07) is 3.69. The molecule has 1 rings (SSSR count). The Balaban J connectivity index is 2.67. The highest BCUT2D eigenvalue weighted by Crippen LogP contribution is 2.17. The van der Waals surface area contributed by atoms with Crippen molar-refractivity contribution in [2.75, 3.05) is 5.32 Å². The van der Waals surface area contributed by atoms with Crippen LogP contribution in [0.3, 0.4) is 0 Å². The number of carbonyl (C=O) groups excluding carboxylic acids is 1. The Labute approximate surface area is 104 Å². The molecule has 1 aromatic rings. The summed E-state index contributed by atoms with van der Waals surface area (Å²) in [7, 11) is 0. The molecule has 1 aromatic carbocycles. The summed E-state index contributed by atoms with van der Waals surface area (Å²) in [6.07, 6.45) is 0.390. The van der Waals surface area contributed by atoms with Crippen LogP contribution in [-0.2, 0) is 4.79 Å². The summed E-state index contributed by atoms with van der Waals surface area (Å²) < 4.78 is 13.6. The highest BCUT2D eigenvalue weighted by Gasteiger charge is 2.10. The van der Waals surface area contributed by atoms with E-state index in [1.807, 2.05) is 0 Å². The molecule has 0 fully saturated rings. The number of carbonyl (C=O) groups is 2. The van der Waals surface area contributed by atoms with Crippen molar-refractivity contribution < 1.29 is 19.1 Å². The first-order valence-corrected chi connectivity index (χ1v) is 5.48. The van der Waals surface area contributed by atoms with Gasteiger partial charge >= 0.3 is 5.97 Å². The normalized spacial score (nSPS) is 11.9. The summed E-state index contributed by atoms with van der Waals surface area (Å²) >= 11 is 0. The Kier molecular flexibility index (Phi) is 4.65. The average molecular weight is 254 g/mol. The molecule has 98 valence electrons. The smallest absolute Gasteiger partial charge is 0.303 e. The van der Waals surface area contributed by atoms with Crippen molar-refractivity contribution in [3.8, 4) is 0 Å². The van der Waals surface area contributed by atoms with E-state index in [9.17, 15) is 14.0 Å². The first kappa shape index (κ1) is 14.0. The van der Waals surface area contributed by atoms with E-state index in [0.717, 1.165) is 6.07 Å². The number of amides is 1. The molecule has 0 spiro atoms. The van der Waals surface area contributed by atoms with Gasteiger partial charge in [-0.15, -0.1) is 0 Å². The third-order valence-corrected chi connectivity index (χ3v) is 2.45. The zero-order valence-corrected chi connectivity index (χ0v) is 9.94. The van der Waals surface area contributed by atoms with Gasteiger partial charge in [-0.05, 0) is 31.5 Å². The van der Waals surface area contributed by atoms with Crippen molar-refractivity contribution in [1.29, 1.82) is 0 Å². The fourth-order valence-electron chi connectivity index (χ4n) is 1.46. The van der Waals surface area contributed by atoms with Crippen LogP contribution >= 0.6 is 0 Å². The third-order valence-electron chi connectivity index (χ3n) is 2.45. The minimum Gasteiger partial charge on any atom is -0.481 e. The van der Waals surface area contributed by atoms with E-state index >= 15 is 0 Å². The molecule has 0 bridgehead atoms. The number of nitrogens with two attached hydrogens (primary N) is 1. The Bertz CT molecular complexity index is 463. The number of rotatable bonds is 6. The Hall–Kier alpha value is -2.11. The van der Waals surface area contributed by atoms with E-state index in [1.54, 1.807) is 6.92 Å². The SMILES string of the molecule is CC(CCC(=O)O)Nc1ccc(C(N)=O)cc1F. The van der Waals surface area contributed by atoms with Gasteiger partial charge in [-0.25, -0.2) is 4.39 Å². The lowest BCUT2D eigenvalue weighted by atomic mass is 10.1. The molecule has 18 heavy (non-hydrogen) atoms. The van der Waals surface area contributed by atoms with Crippen molar-refractivity contribution in [1.82, 2.24) is 0 Å². The molecule has 0 aliphatic heterocycles. The van der Waals surface area contributed by atoms with Crippen LogP contribution in [0.2, 0.25) is 0 Å². The number of anilines is 1. The number of nitrogens with one attached hydrogen (secondary N) is 1. The number of hydrogen-bond donors (Lipinski definition) is 3. The van der Waals surface area contributed by atoms with Crippen molar-refractivity contribution in [3.63, 3.8) is 0 Å². The monoisotopic (exact) mass is 254 g/mol. The van der Waals surface area contributed by atoms with Gasteiger partial charge in [0.2, 0.25) is 5.91 Å². The molecule has 1 atom stereocenters. The highest BCUT2D eigenvalue weighted by molar-refractivity contribution is 5.93. The zero-order valence-electron chi connectivity index (χ0n) is 9.94. The zero-order chi connectivity index (χ0) is 13.7. The van der Waals surface area contributed by atoms with Gasteiger partial charge in [0, 0.05) is 18.0 Å². The lowest BCUT2D eigenvalue weighted by molar-refractivity contribution is -0.137. The number of benzene rings is 1. The number of primary amides is 1. The van der Waals surface area contributed by atoms with Crippen molar-refractivity contribution in [3.05, 3.63) is 29.6 Å². The number of carboxylic acid groups (broad SMARTS) is 1. The Morgan fingerprint density at radius 2 is 2.17 bits per heavy atom. The van der Waals surface area contributed by atoms with Gasteiger partial charge in [0.15, 0.2) is 0 Å². The molecule has 6 heteroatoms. The standard InChI is InChI=1S/C12H15FN2O3/c1-7(2-5-11(16)17)15-10-4-3-8(12(14)18)6-9(10)13/h3-4,6-7,15H,2,5H2,1H3,(H2,14,18)(H,16,17). The third kappa shape index (κ3) is 4.04. The van der Waals surface area contributed by atoms with E-state index in [4.69, 9.17) is 10.8 Å². The van der Waals surface area contributed by atoms with Crippen LogP contribution in [0.4, 0.5) is 10.1 Å². The first-order valence-electron chi connectivity index (χ1n) is 5.48. The Morgan fingerprint density at radius 1 is 1.50 bits per heavy atom. The summed E-state index contributed by atoms with van der Waals surface area (Å²) in [4.78, 5) is 21.2. The van der Waals surface area contributed by atoms with E-state index in [2.05, 4.69) is 5.32 Å². The highest BCUT2D eigenvalue weighted by atomic mass is 19.1. The van der Waals surface area contributed by atoms with E-state index < -0.39 is 17.7 Å². The second kappa shape index (κ2) is 6.00. The molecular formula is C12H15FN2O3. The van der Waals surface area contributed by atoms with Gasteiger partial charge < -0.3 is 16.2 Å². The Morgan fingerprint density at radius 3 is 2.67 bits per heavy atom. The minimum absolute atomic E-state index is 0.00908. The van der Waals surface area contributed by atoms with Crippen LogP contribution in [0.1, 0.15) is 30.1 Å². The van der Waals surface area contributed by atoms with Gasteiger partial charge in [0.1, 0.15) is 5.82 Å². The fraction of sp³-hybridized carbons (Fsp3) is 0.333. The second-order valence-corrected chi connectivity index (χ2v) is 4.04. The molecular weight excluding hydrogens is 239 g/mol. The lowest BCUT2D eigenvalue weighted by Gasteiger charge is -2.15. The van der Waals surface area contributed by atoms with Crippen molar-refractivity contribution in [2.24, 2.45) is 5.73 Å². The van der Waals surface area contributed by atoms with Crippen LogP contribution in [-0.4, -0.2) is 23.0 Å². The van der Waals surface area contributed by atoms with Crippen molar-refractivity contribution in [2.45, 2.75) is 25.8 Å². The summed E-state index contributed by atoms with van der Waals surface area (Å²) in [5.74, 6) is -2.18. The number of hydrogen-bond acceptors (Lipinski definition) is 3. The molecule has 0 aliphatic rings. The number of aliphatic carboxylic acids is 1. The maximum atomic E-state index is 13.6. The molecule has 0 saturated carbocycles. The quantitative estimate of drug-likeness (QED) is 0.718. The minimum atomic E-state index is -0.895.